The number of anilines is 1. The van der Waals surface area contributed by atoms with E-state index in [1.165, 1.54) is 9.13 Å². The molecule has 2 aromatic rings. The molecule has 0 aliphatic carbocycles. The molecule has 0 amide bonds. The second kappa shape index (κ2) is 5.30. The van der Waals surface area contributed by atoms with Crippen molar-refractivity contribution >= 4 is 28.3 Å². The first-order valence-electron chi connectivity index (χ1n) is 5.15. The van der Waals surface area contributed by atoms with E-state index in [-0.39, 0.29) is 0 Å². The number of aromatic nitrogens is 1. The van der Waals surface area contributed by atoms with E-state index in [0.29, 0.717) is 0 Å². The molecular formula is C13H13IN2. The quantitative estimate of drug-likeness (QED) is 0.873. The molecular weight excluding hydrogens is 311 g/mol. The normalized spacial score (nSPS) is 10.1. The fourth-order valence-corrected chi connectivity index (χ4v) is 1.94. The van der Waals surface area contributed by atoms with Crippen LogP contribution in [0.15, 0.2) is 42.6 Å². The minimum Gasteiger partial charge on any atom is -0.379 e. The average Bonchev–Trinajstić information content (AvgIpc) is 2.28. The smallest absolute Gasteiger partial charge is 0.0594 e. The van der Waals surface area contributed by atoms with E-state index < -0.39 is 0 Å². The van der Waals surface area contributed by atoms with E-state index in [0.717, 1.165) is 17.9 Å². The van der Waals surface area contributed by atoms with Gasteiger partial charge in [-0.15, -0.1) is 0 Å². The number of pyridine rings is 1. The van der Waals surface area contributed by atoms with Crippen LogP contribution in [0.4, 0.5) is 5.69 Å². The molecule has 0 saturated carbocycles. The summed E-state index contributed by atoms with van der Waals surface area (Å²) in [6.07, 6.45) is 1.89. The third-order valence-corrected chi connectivity index (χ3v) is 2.94. The summed E-state index contributed by atoms with van der Waals surface area (Å²) in [5.74, 6) is 0. The first-order valence-corrected chi connectivity index (χ1v) is 6.23. The van der Waals surface area contributed by atoms with Gasteiger partial charge in [0.25, 0.3) is 0 Å². The van der Waals surface area contributed by atoms with Gasteiger partial charge in [0.15, 0.2) is 0 Å². The van der Waals surface area contributed by atoms with Crippen molar-refractivity contribution in [2.45, 2.75) is 13.5 Å². The number of hydrogen-bond acceptors (Lipinski definition) is 2. The van der Waals surface area contributed by atoms with Gasteiger partial charge >= 0.3 is 0 Å². The third-order valence-electron chi connectivity index (χ3n) is 2.27. The number of benzene rings is 1. The summed E-state index contributed by atoms with van der Waals surface area (Å²) in [4.78, 5) is 4.35. The Morgan fingerprint density at radius 3 is 2.81 bits per heavy atom. The van der Waals surface area contributed by atoms with E-state index in [1.807, 2.05) is 19.2 Å². The first-order chi connectivity index (χ1) is 7.74. The van der Waals surface area contributed by atoms with Crippen molar-refractivity contribution in [1.29, 1.82) is 0 Å². The number of aryl methyl sites for hydroxylation is 1. The molecule has 1 N–H and O–H groups in total. The minimum absolute atomic E-state index is 0.764. The van der Waals surface area contributed by atoms with Gasteiger partial charge in [-0.25, -0.2) is 0 Å². The highest BCUT2D eigenvalue weighted by Crippen LogP contribution is 2.13. The molecule has 1 aromatic carbocycles. The molecule has 1 aromatic heterocycles. The predicted octanol–water partition coefficient (Wildman–Crippen LogP) is 3.61. The SMILES string of the molecule is Cc1ccc(CNc2cccc(I)c2)nc1. The number of hydrogen-bond donors (Lipinski definition) is 1. The predicted molar refractivity (Wildman–Crippen MR) is 75.5 cm³/mol. The molecule has 0 saturated heterocycles. The molecule has 1 heterocycles. The van der Waals surface area contributed by atoms with Crippen molar-refractivity contribution in [3.05, 3.63) is 57.4 Å². The lowest BCUT2D eigenvalue weighted by atomic mass is 10.2. The van der Waals surface area contributed by atoms with Crippen LogP contribution < -0.4 is 5.32 Å². The van der Waals surface area contributed by atoms with Crippen molar-refractivity contribution in [1.82, 2.24) is 4.98 Å². The Kier molecular flexibility index (Phi) is 3.77. The van der Waals surface area contributed by atoms with Gasteiger partial charge in [0.1, 0.15) is 0 Å². The van der Waals surface area contributed by atoms with E-state index in [4.69, 9.17) is 0 Å². The Balaban J connectivity index is 1.99. The zero-order chi connectivity index (χ0) is 11.4. The average molecular weight is 324 g/mol. The van der Waals surface area contributed by atoms with Crippen LogP contribution in [0.2, 0.25) is 0 Å². The lowest BCUT2D eigenvalue weighted by Crippen LogP contribution is -2.01. The van der Waals surface area contributed by atoms with Crippen molar-refractivity contribution in [3.63, 3.8) is 0 Å². The van der Waals surface area contributed by atoms with Crippen LogP contribution in [-0.2, 0) is 6.54 Å². The maximum absolute atomic E-state index is 4.35. The maximum atomic E-state index is 4.35. The van der Waals surface area contributed by atoms with Gasteiger partial charge in [0, 0.05) is 15.5 Å². The first kappa shape index (κ1) is 11.4. The molecule has 0 unspecified atom stereocenters. The van der Waals surface area contributed by atoms with Crippen molar-refractivity contribution < 1.29 is 0 Å². The summed E-state index contributed by atoms with van der Waals surface area (Å²) in [5, 5.41) is 3.35. The standard InChI is InChI=1S/C13H13IN2/c1-10-5-6-13(15-8-10)9-16-12-4-2-3-11(14)7-12/h2-8,16H,9H2,1H3. The van der Waals surface area contributed by atoms with Crippen LogP contribution in [-0.4, -0.2) is 4.98 Å². The Hall–Kier alpha value is -1.10. The highest BCUT2D eigenvalue weighted by atomic mass is 127. The fourth-order valence-electron chi connectivity index (χ4n) is 1.39. The van der Waals surface area contributed by atoms with Gasteiger partial charge in [-0.2, -0.15) is 0 Å². The van der Waals surface area contributed by atoms with Crippen LogP contribution in [0.1, 0.15) is 11.3 Å². The van der Waals surface area contributed by atoms with Crippen LogP contribution >= 0.6 is 22.6 Å². The van der Waals surface area contributed by atoms with Crippen LogP contribution in [0.25, 0.3) is 0 Å². The van der Waals surface area contributed by atoms with Gasteiger partial charge in [-0.3, -0.25) is 4.98 Å². The van der Waals surface area contributed by atoms with Gasteiger partial charge in [-0.05, 0) is 59.3 Å². The molecule has 82 valence electrons. The number of nitrogens with zero attached hydrogens (tertiary/aromatic N) is 1. The minimum atomic E-state index is 0.764. The maximum Gasteiger partial charge on any atom is 0.0594 e. The Morgan fingerprint density at radius 1 is 1.25 bits per heavy atom. The van der Waals surface area contributed by atoms with Crippen LogP contribution in [0, 0.1) is 10.5 Å². The molecule has 0 fully saturated rings. The van der Waals surface area contributed by atoms with Crippen molar-refractivity contribution in [2.24, 2.45) is 0 Å². The van der Waals surface area contributed by atoms with E-state index >= 15 is 0 Å². The number of nitrogens with one attached hydrogen (secondary N) is 1. The molecule has 0 bridgehead atoms. The Bertz CT molecular complexity index is 466. The highest BCUT2D eigenvalue weighted by Gasteiger charge is 1.95. The molecule has 2 rings (SSSR count). The van der Waals surface area contributed by atoms with Gasteiger partial charge in [0.05, 0.1) is 12.2 Å². The van der Waals surface area contributed by atoms with Gasteiger partial charge in [0.2, 0.25) is 0 Å². The molecule has 2 nitrogen and oxygen atoms in total. The summed E-state index contributed by atoms with van der Waals surface area (Å²) in [5.41, 5.74) is 3.39. The fraction of sp³-hybridized carbons (Fsp3) is 0.154. The van der Waals surface area contributed by atoms with Crippen LogP contribution in [0.3, 0.4) is 0 Å². The second-order valence-electron chi connectivity index (χ2n) is 3.69. The second-order valence-corrected chi connectivity index (χ2v) is 4.94. The summed E-state index contributed by atoms with van der Waals surface area (Å²) >= 11 is 2.31. The van der Waals surface area contributed by atoms with Gasteiger partial charge in [-0.1, -0.05) is 12.1 Å². The lowest BCUT2D eigenvalue weighted by Gasteiger charge is -2.06. The van der Waals surface area contributed by atoms with Crippen LogP contribution in [0.5, 0.6) is 0 Å². The molecule has 3 heteroatoms. The zero-order valence-electron chi connectivity index (χ0n) is 9.07. The Morgan fingerprint density at radius 2 is 2.12 bits per heavy atom. The number of rotatable bonds is 3. The summed E-state index contributed by atoms with van der Waals surface area (Å²) in [6, 6.07) is 12.4. The van der Waals surface area contributed by atoms with E-state index in [1.54, 1.807) is 0 Å². The van der Waals surface area contributed by atoms with Crippen molar-refractivity contribution in [3.8, 4) is 0 Å². The van der Waals surface area contributed by atoms with Gasteiger partial charge < -0.3 is 5.32 Å². The van der Waals surface area contributed by atoms with Crippen molar-refractivity contribution in [2.75, 3.05) is 5.32 Å². The Labute approximate surface area is 109 Å². The van der Waals surface area contributed by atoms with E-state index in [9.17, 15) is 0 Å². The largest absolute Gasteiger partial charge is 0.379 e. The molecule has 0 atom stereocenters. The summed E-state index contributed by atoms with van der Waals surface area (Å²) in [7, 11) is 0. The lowest BCUT2D eigenvalue weighted by molar-refractivity contribution is 1.04. The summed E-state index contributed by atoms with van der Waals surface area (Å²) < 4.78 is 1.24. The molecule has 0 aliphatic rings. The molecule has 0 spiro atoms. The number of halogens is 1. The zero-order valence-corrected chi connectivity index (χ0v) is 11.2. The monoisotopic (exact) mass is 324 g/mol. The highest BCUT2D eigenvalue weighted by molar-refractivity contribution is 14.1. The molecule has 16 heavy (non-hydrogen) atoms. The molecule has 0 radical (unpaired) electrons. The van der Waals surface area contributed by atoms with E-state index in [2.05, 4.69) is 63.2 Å². The topological polar surface area (TPSA) is 24.9 Å². The summed E-state index contributed by atoms with van der Waals surface area (Å²) in [6.45, 7) is 2.81. The molecule has 0 aliphatic heterocycles. The third kappa shape index (κ3) is 3.20.